The first kappa shape index (κ1) is 13.8. The Hall–Kier alpha value is -1.65. The SMILES string of the molecule is O[C@@H]1[C@H](C2c3ccccc3-c3cncn32)CCC12CCOCC2. The molecule has 1 aliphatic carbocycles. The number of imidazole rings is 1. The fraction of sp³-hybridized carbons (Fsp3) is 0.526. The van der Waals surface area contributed by atoms with Gasteiger partial charge in [0.05, 0.1) is 30.4 Å². The van der Waals surface area contributed by atoms with Crippen molar-refractivity contribution in [2.75, 3.05) is 13.2 Å². The van der Waals surface area contributed by atoms with Crippen LogP contribution in [0.4, 0.5) is 0 Å². The number of benzene rings is 1. The highest BCUT2D eigenvalue weighted by atomic mass is 16.5. The molecule has 4 heteroatoms. The normalized spacial score (nSPS) is 31.3. The fourth-order valence-electron chi connectivity index (χ4n) is 5.18. The largest absolute Gasteiger partial charge is 0.392 e. The maximum Gasteiger partial charge on any atom is 0.0956 e. The van der Waals surface area contributed by atoms with Gasteiger partial charge in [-0.3, -0.25) is 0 Å². The Bertz CT molecular complexity index is 732. The number of hydrogen-bond acceptors (Lipinski definition) is 3. The minimum Gasteiger partial charge on any atom is -0.392 e. The van der Waals surface area contributed by atoms with Crippen LogP contribution < -0.4 is 0 Å². The molecule has 0 bridgehead atoms. The molecule has 0 radical (unpaired) electrons. The Morgan fingerprint density at radius 2 is 2.00 bits per heavy atom. The zero-order chi connectivity index (χ0) is 15.4. The lowest BCUT2D eigenvalue weighted by Gasteiger charge is -2.38. The second-order valence-corrected chi connectivity index (χ2v) is 7.34. The van der Waals surface area contributed by atoms with Crippen molar-refractivity contribution in [2.24, 2.45) is 11.3 Å². The van der Waals surface area contributed by atoms with Crippen molar-refractivity contribution in [2.45, 2.75) is 37.8 Å². The van der Waals surface area contributed by atoms with Gasteiger partial charge in [0.15, 0.2) is 0 Å². The van der Waals surface area contributed by atoms with E-state index in [0.717, 1.165) is 38.9 Å². The molecule has 1 spiro atoms. The van der Waals surface area contributed by atoms with Crippen LogP contribution in [-0.4, -0.2) is 34.0 Å². The third-order valence-corrected chi connectivity index (χ3v) is 6.42. The van der Waals surface area contributed by atoms with Crippen molar-refractivity contribution in [3.8, 4) is 11.3 Å². The smallest absolute Gasteiger partial charge is 0.0956 e. The Morgan fingerprint density at radius 1 is 1.17 bits per heavy atom. The van der Waals surface area contributed by atoms with Crippen LogP contribution in [-0.2, 0) is 4.74 Å². The first-order valence-corrected chi connectivity index (χ1v) is 8.67. The summed E-state index contributed by atoms with van der Waals surface area (Å²) in [5.74, 6) is 0.268. The Morgan fingerprint density at radius 3 is 2.87 bits per heavy atom. The molecule has 1 N–H and O–H groups in total. The van der Waals surface area contributed by atoms with Crippen molar-refractivity contribution in [1.29, 1.82) is 0 Å². The van der Waals surface area contributed by atoms with Gasteiger partial charge in [0.1, 0.15) is 0 Å². The minimum atomic E-state index is -0.252. The number of nitrogens with zero attached hydrogens (tertiary/aromatic N) is 2. The number of fused-ring (bicyclic) bond motifs is 3. The monoisotopic (exact) mass is 310 g/mol. The van der Waals surface area contributed by atoms with Gasteiger partial charge in [-0.25, -0.2) is 4.98 Å². The summed E-state index contributed by atoms with van der Waals surface area (Å²) in [5, 5.41) is 11.2. The summed E-state index contributed by atoms with van der Waals surface area (Å²) in [6.07, 6.45) is 7.82. The number of ether oxygens (including phenoxy) is 1. The molecule has 3 heterocycles. The number of hydrogen-bond donors (Lipinski definition) is 1. The van der Waals surface area contributed by atoms with Gasteiger partial charge in [-0.1, -0.05) is 24.3 Å². The van der Waals surface area contributed by atoms with Crippen molar-refractivity contribution in [1.82, 2.24) is 9.55 Å². The van der Waals surface area contributed by atoms with Crippen LogP contribution in [0.1, 0.15) is 37.3 Å². The second kappa shape index (κ2) is 4.92. The summed E-state index contributed by atoms with van der Waals surface area (Å²) in [5.41, 5.74) is 3.88. The number of aliphatic hydroxyl groups is 1. The summed E-state index contributed by atoms with van der Waals surface area (Å²) >= 11 is 0. The molecule has 4 nitrogen and oxygen atoms in total. The zero-order valence-corrected chi connectivity index (χ0v) is 13.2. The lowest BCUT2D eigenvalue weighted by molar-refractivity contribution is -0.0597. The molecule has 23 heavy (non-hydrogen) atoms. The first-order valence-electron chi connectivity index (χ1n) is 8.67. The van der Waals surface area contributed by atoms with Crippen molar-refractivity contribution in [3.63, 3.8) is 0 Å². The lowest BCUT2D eigenvalue weighted by Crippen LogP contribution is -2.40. The van der Waals surface area contributed by atoms with Crippen LogP contribution in [0.2, 0.25) is 0 Å². The number of rotatable bonds is 1. The molecule has 0 amide bonds. The van der Waals surface area contributed by atoms with E-state index in [9.17, 15) is 5.11 Å². The van der Waals surface area contributed by atoms with Gasteiger partial charge in [0, 0.05) is 30.1 Å². The Kier molecular flexibility index (Phi) is 2.94. The van der Waals surface area contributed by atoms with E-state index in [4.69, 9.17) is 4.74 Å². The van der Waals surface area contributed by atoms with Crippen molar-refractivity contribution >= 4 is 0 Å². The van der Waals surface area contributed by atoms with Gasteiger partial charge in [-0.15, -0.1) is 0 Å². The predicted molar refractivity (Wildman–Crippen MR) is 87.0 cm³/mol. The van der Waals surface area contributed by atoms with Crippen molar-refractivity contribution < 1.29 is 9.84 Å². The van der Waals surface area contributed by atoms with Gasteiger partial charge in [0.25, 0.3) is 0 Å². The molecule has 1 aromatic heterocycles. The highest BCUT2D eigenvalue weighted by Crippen LogP contribution is 2.55. The number of aliphatic hydroxyl groups excluding tert-OH is 1. The van der Waals surface area contributed by atoms with E-state index in [1.807, 2.05) is 12.5 Å². The molecule has 1 saturated heterocycles. The van der Waals surface area contributed by atoms with E-state index >= 15 is 0 Å². The molecule has 3 aliphatic rings. The lowest BCUT2D eigenvalue weighted by atomic mass is 9.74. The summed E-state index contributed by atoms with van der Waals surface area (Å²) in [6, 6.07) is 8.81. The van der Waals surface area contributed by atoms with Crippen LogP contribution in [0.25, 0.3) is 11.3 Å². The average molecular weight is 310 g/mol. The maximum absolute atomic E-state index is 11.2. The van der Waals surface area contributed by atoms with Gasteiger partial charge < -0.3 is 14.4 Å². The standard InChI is InChI=1S/C19H22N2O2/c22-18-15(5-6-19(18)7-9-23-10-8-19)17-14-4-2-1-3-13(14)16-11-20-12-21(16)17/h1-4,11-12,15,17-18,22H,5-10H2/t15-,17?,18+/m0/s1. The van der Waals surface area contributed by atoms with Crippen LogP contribution in [0.5, 0.6) is 0 Å². The van der Waals surface area contributed by atoms with E-state index in [-0.39, 0.29) is 23.5 Å². The van der Waals surface area contributed by atoms with E-state index in [1.165, 1.54) is 16.8 Å². The summed E-state index contributed by atoms with van der Waals surface area (Å²) in [6.45, 7) is 1.59. The first-order chi connectivity index (χ1) is 11.3. The minimum absolute atomic E-state index is 0.0706. The topological polar surface area (TPSA) is 47.3 Å². The van der Waals surface area contributed by atoms with Crippen LogP contribution in [0, 0.1) is 11.3 Å². The molecule has 5 rings (SSSR count). The summed E-state index contributed by atoms with van der Waals surface area (Å²) in [4.78, 5) is 4.35. The third kappa shape index (κ3) is 1.82. The van der Waals surface area contributed by atoms with Gasteiger partial charge in [-0.05, 0) is 31.2 Å². The third-order valence-electron chi connectivity index (χ3n) is 6.42. The Balaban J connectivity index is 1.56. The molecular weight excluding hydrogens is 288 g/mol. The second-order valence-electron chi connectivity index (χ2n) is 7.34. The van der Waals surface area contributed by atoms with E-state index in [0.29, 0.717) is 0 Å². The van der Waals surface area contributed by atoms with Crippen molar-refractivity contribution in [3.05, 3.63) is 42.4 Å². The summed E-state index contributed by atoms with van der Waals surface area (Å²) in [7, 11) is 0. The molecule has 2 fully saturated rings. The molecule has 3 atom stereocenters. The van der Waals surface area contributed by atoms with Gasteiger partial charge >= 0.3 is 0 Å². The highest BCUT2D eigenvalue weighted by Gasteiger charge is 2.52. The van der Waals surface area contributed by atoms with E-state index < -0.39 is 0 Å². The van der Waals surface area contributed by atoms with E-state index in [1.54, 1.807) is 0 Å². The Labute approximate surface area is 136 Å². The van der Waals surface area contributed by atoms with Crippen LogP contribution >= 0.6 is 0 Å². The molecule has 1 saturated carbocycles. The molecule has 1 aromatic carbocycles. The molecule has 2 aromatic rings. The maximum atomic E-state index is 11.2. The molecular formula is C19H22N2O2. The summed E-state index contributed by atoms with van der Waals surface area (Å²) < 4.78 is 7.81. The number of aromatic nitrogens is 2. The quantitative estimate of drug-likeness (QED) is 0.881. The predicted octanol–water partition coefficient (Wildman–Crippen LogP) is 3.02. The van der Waals surface area contributed by atoms with Gasteiger partial charge in [-0.2, -0.15) is 0 Å². The molecule has 120 valence electrons. The highest BCUT2D eigenvalue weighted by molar-refractivity contribution is 5.69. The van der Waals surface area contributed by atoms with Crippen LogP contribution in [0.3, 0.4) is 0 Å². The molecule has 1 unspecified atom stereocenters. The zero-order valence-electron chi connectivity index (χ0n) is 13.2. The average Bonchev–Trinajstić information content (AvgIpc) is 3.25. The van der Waals surface area contributed by atoms with E-state index in [2.05, 4.69) is 33.8 Å². The fourth-order valence-corrected chi connectivity index (χ4v) is 5.18. The van der Waals surface area contributed by atoms with Gasteiger partial charge in [0.2, 0.25) is 0 Å². The molecule has 2 aliphatic heterocycles. The van der Waals surface area contributed by atoms with Crippen LogP contribution in [0.15, 0.2) is 36.8 Å².